The molecule has 3 rings (SSSR count). The second kappa shape index (κ2) is 7.70. The van der Waals surface area contributed by atoms with Crippen LogP contribution in [0.2, 0.25) is 0 Å². The Bertz CT molecular complexity index is 744. The van der Waals surface area contributed by atoms with Gasteiger partial charge < -0.3 is 19.7 Å². The summed E-state index contributed by atoms with van der Waals surface area (Å²) in [4.78, 5) is 15.9. The SMILES string of the molecule is COc1cc(NC(=O)CN2C[C@@H](C)Sc3ccccc32)cc(OC)c1. The zero-order chi connectivity index (χ0) is 17.8. The molecule has 0 saturated heterocycles. The third kappa shape index (κ3) is 4.20. The fourth-order valence-corrected chi connectivity index (χ4v) is 4.05. The first-order valence-corrected chi connectivity index (χ1v) is 9.00. The van der Waals surface area contributed by atoms with E-state index in [1.807, 2.05) is 23.9 Å². The van der Waals surface area contributed by atoms with E-state index in [1.54, 1.807) is 32.4 Å². The largest absolute Gasteiger partial charge is 0.497 e. The normalized spacial score (nSPS) is 16.1. The molecule has 0 spiro atoms. The number of hydrogen-bond donors (Lipinski definition) is 1. The van der Waals surface area contributed by atoms with E-state index in [4.69, 9.17) is 9.47 Å². The molecule has 1 atom stereocenters. The van der Waals surface area contributed by atoms with E-state index in [9.17, 15) is 4.79 Å². The Morgan fingerprint density at radius 3 is 2.56 bits per heavy atom. The van der Waals surface area contributed by atoms with Crippen molar-refractivity contribution < 1.29 is 14.3 Å². The number of anilines is 2. The number of nitrogens with zero attached hydrogens (tertiary/aromatic N) is 1. The molecule has 25 heavy (non-hydrogen) atoms. The summed E-state index contributed by atoms with van der Waals surface area (Å²) in [5, 5.41) is 3.38. The zero-order valence-corrected chi connectivity index (χ0v) is 15.4. The van der Waals surface area contributed by atoms with Crippen molar-refractivity contribution in [2.45, 2.75) is 17.1 Å². The van der Waals surface area contributed by atoms with Crippen LogP contribution in [-0.4, -0.2) is 38.5 Å². The van der Waals surface area contributed by atoms with E-state index in [0.717, 1.165) is 12.2 Å². The van der Waals surface area contributed by atoms with Gasteiger partial charge in [0.2, 0.25) is 5.91 Å². The molecule has 0 saturated carbocycles. The molecule has 6 heteroatoms. The summed E-state index contributed by atoms with van der Waals surface area (Å²) in [7, 11) is 3.17. The Hall–Kier alpha value is -2.34. The van der Waals surface area contributed by atoms with Crippen LogP contribution in [-0.2, 0) is 4.79 Å². The fraction of sp³-hybridized carbons (Fsp3) is 0.316. The highest BCUT2D eigenvalue weighted by Gasteiger charge is 2.23. The number of hydrogen-bond acceptors (Lipinski definition) is 5. The highest BCUT2D eigenvalue weighted by atomic mass is 32.2. The van der Waals surface area contributed by atoms with Crippen molar-refractivity contribution in [2.75, 3.05) is 37.5 Å². The van der Waals surface area contributed by atoms with Gasteiger partial charge in [-0.1, -0.05) is 19.1 Å². The number of benzene rings is 2. The Labute approximate surface area is 152 Å². The Morgan fingerprint density at radius 2 is 1.88 bits per heavy atom. The summed E-state index contributed by atoms with van der Waals surface area (Å²) in [6.45, 7) is 3.33. The molecule has 1 aliphatic rings. The molecule has 0 radical (unpaired) electrons. The number of carbonyl (C=O) groups excluding carboxylic acids is 1. The molecule has 2 aromatic carbocycles. The fourth-order valence-electron chi connectivity index (χ4n) is 2.88. The van der Waals surface area contributed by atoms with Crippen molar-refractivity contribution in [3.8, 4) is 11.5 Å². The first-order chi connectivity index (χ1) is 12.1. The molecular weight excluding hydrogens is 336 g/mol. The first-order valence-electron chi connectivity index (χ1n) is 8.12. The van der Waals surface area contributed by atoms with Gasteiger partial charge in [0.05, 0.1) is 26.5 Å². The van der Waals surface area contributed by atoms with E-state index in [2.05, 4.69) is 29.3 Å². The number of thioether (sulfide) groups is 1. The van der Waals surface area contributed by atoms with Crippen molar-refractivity contribution in [1.29, 1.82) is 0 Å². The third-order valence-corrected chi connectivity index (χ3v) is 5.13. The lowest BCUT2D eigenvalue weighted by Crippen LogP contribution is -2.39. The number of amides is 1. The second-order valence-corrected chi connectivity index (χ2v) is 7.41. The maximum Gasteiger partial charge on any atom is 0.243 e. The Morgan fingerprint density at radius 1 is 1.20 bits per heavy atom. The number of para-hydroxylation sites is 1. The highest BCUT2D eigenvalue weighted by molar-refractivity contribution is 8.00. The van der Waals surface area contributed by atoms with E-state index in [0.29, 0.717) is 29.0 Å². The zero-order valence-electron chi connectivity index (χ0n) is 14.6. The van der Waals surface area contributed by atoms with Crippen LogP contribution in [0.25, 0.3) is 0 Å². The average Bonchev–Trinajstić information content (AvgIpc) is 2.61. The molecule has 1 heterocycles. The van der Waals surface area contributed by atoms with Gasteiger partial charge >= 0.3 is 0 Å². The molecular formula is C19H22N2O3S. The number of fused-ring (bicyclic) bond motifs is 1. The number of rotatable bonds is 5. The summed E-state index contributed by atoms with van der Waals surface area (Å²) in [5.74, 6) is 1.22. The van der Waals surface area contributed by atoms with Gasteiger partial charge in [0.25, 0.3) is 0 Å². The molecule has 0 aliphatic carbocycles. The van der Waals surface area contributed by atoms with Gasteiger partial charge in [0.1, 0.15) is 11.5 Å². The molecule has 1 N–H and O–H groups in total. The van der Waals surface area contributed by atoms with E-state index in [1.165, 1.54) is 4.90 Å². The third-order valence-electron chi connectivity index (χ3n) is 3.98. The van der Waals surface area contributed by atoms with Gasteiger partial charge in [0.15, 0.2) is 0 Å². The minimum Gasteiger partial charge on any atom is -0.497 e. The summed E-state index contributed by atoms with van der Waals surface area (Å²) in [5.41, 5.74) is 1.78. The van der Waals surface area contributed by atoms with Crippen molar-refractivity contribution in [3.05, 3.63) is 42.5 Å². The minimum absolute atomic E-state index is 0.0655. The molecule has 1 amide bonds. The molecule has 1 aliphatic heterocycles. The lowest BCUT2D eigenvalue weighted by Gasteiger charge is -2.33. The van der Waals surface area contributed by atoms with E-state index < -0.39 is 0 Å². The van der Waals surface area contributed by atoms with Gasteiger partial charge in [-0.05, 0) is 12.1 Å². The van der Waals surface area contributed by atoms with Gasteiger partial charge in [-0.2, -0.15) is 0 Å². The maximum atomic E-state index is 12.6. The minimum atomic E-state index is -0.0655. The molecule has 132 valence electrons. The lowest BCUT2D eigenvalue weighted by atomic mass is 10.2. The molecule has 0 aromatic heterocycles. The van der Waals surface area contributed by atoms with Gasteiger partial charge in [-0.25, -0.2) is 0 Å². The molecule has 2 aromatic rings. The standard InChI is InChI=1S/C19H22N2O3S/c1-13-11-21(17-6-4-5-7-18(17)25-13)12-19(22)20-14-8-15(23-2)10-16(9-14)24-3/h4-10,13H,11-12H2,1-3H3,(H,20,22)/t13-/m1/s1. The van der Waals surface area contributed by atoms with E-state index in [-0.39, 0.29) is 5.91 Å². The molecule has 0 unspecified atom stereocenters. The van der Waals surface area contributed by atoms with Crippen molar-refractivity contribution in [1.82, 2.24) is 0 Å². The summed E-state index contributed by atoms with van der Waals surface area (Å²) >= 11 is 1.85. The topological polar surface area (TPSA) is 50.8 Å². The monoisotopic (exact) mass is 358 g/mol. The Balaban J connectivity index is 1.73. The number of methoxy groups -OCH3 is 2. The average molecular weight is 358 g/mol. The van der Waals surface area contributed by atoms with Crippen LogP contribution in [0.1, 0.15) is 6.92 Å². The second-order valence-electron chi connectivity index (χ2n) is 5.93. The van der Waals surface area contributed by atoms with Crippen LogP contribution in [0.5, 0.6) is 11.5 Å². The van der Waals surface area contributed by atoms with Crippen LogP contribution >= 0.6 is 11.8 Å². The van der Waals surface area contributed by atoms with Crippen molar-refractivity contribution in [2.24, 2.45) is 0 Å². The molecule has 5 nitrogen and oxygen atoms in total. The number of carbonyl (C=O) groups is 1. The van der Waals surface area contributed by atoms with Crippen LogP contribution in [0.4, 0.5) is 11.4 Å². The van der Waals surface area contributed by atoms with Crippen LogP contribution < -0.4 is 19.7 Å². The smallest absolute Gasteiger partial charge is 0.243 e. The van der Waals surface area contributed by atoms with Crippen LogP contribution in [0.15, 0.2) is 47.4 Å². The quantitative estimate of drug-likeness (QED) is 0.884. The Kier molecular flexibility index (Phi) is 5.38. The van der Waals surface area contributed by atoms with Gasteiger partial charge in [-0.3, -0.25) is 4.79 Å². The maximum absolute atomic E-state index is 12.6. The van der Waals surface area contributed by atoms with Gasteiger partial charge in [0, 0.05) is 40.6 Å². The molecule has 0 fully saturated rings. The summed E-state index contributed by atoms with van der Waals surface area (Å²) in [6, 6.07) is 13.5. The highest BCUT2D eigenvalue weighted by Crippen LogP contribution is 2.37. The van der Waals surface area contributed by atoms with Crippen molar-refractivity contribution >= 4 is 29.0 Å². The molecule has 0 bridgehead atoms. The van der Waals surface area contributed by atoms with Gasteiger partial charge in [-0.15, -0.1) is 11.8 Å². The predicted octanol–water partition coefficient (Wildman–Crippen LogP) is 3.64. The van der Waals surface area contributed by atoms with Crippen molar-refractivity contribution in [3.63, 3.8) is 0 Å². The van der Waals surface area contributed by atoms with E-state index >= 15 is 0 Å². The predicted molar refractivity (Wildman–Crippen MR) is 102 cm³/mol. The summed E-state index contributed by atoms with van der Waals surface area (Å²) < 4.78 is 10.5. The lowest BCUT2D eigenvalue weighted by molar-refractivity contribution is -0.115. The summed E-state index contributed by atoms with van der Waals surface area (Å²) in [6.07, 6.45) is 0. The number of ether oxygens (including phenoxy) is 2. The first kappa shape index (κ1) is 17.5. The van der Waals surface area contributed by atoms with Crippen LogP contribution in [0, 0.1) is 0 Å². The number of nitrogens with one attached hydrogen (secondary N) is 1. The van der Waals surface area contributed by atoms with Crippen LogP contribution in [0.3, 0.4) is 0 Å².